The van der Waals surface area contributed by atoms with Gasteiger partial charge < -0.3 is 15.7 Å². The van der Waals surface area contributed by atoms with Gasteiger partial charge in [-0.1, -0.05) is 32.0 Å². The molecule has 0 bridgehead atoms. The van der Waals surface area contributed by atoms with Crippen molar-refractivity contribution in [2.75, 3.05) is 13.1 Å². The van der Waals surface area contributed by atoms with Crippen molar-refractivity contribution in [1.29, 1.82) is 0 Å². The van der Waals surface area contributed by atoms with Crippen molar-refractivity contribution >= 4 is 18.3 Å². The smallest absolute Gasteiger partial charge is 0.278 e. The second kappa shape index (κ2) is 6.83. The van der Waals surface area contributed by atoms with Crippen LogP contribution in [0.4, 0.5) is 0 Å². The van der Waals surface area contributed by atoms with Gasteiger partial charge in [0, 0.05) is 19.1 Å². The molecule has 1 aromatic heterocycles. The summed E-state index contributed by atoms with van der Waals surface area (Å²) in [5.74, 6) is -0.358. The number of likely N-dealkylation sites (tertiary alicyclic amines) is 1. The Morgan fingerprint density at radius 1 is 1.33 bits per heavy atom. The second-order valence-corrected chi connectivity index (χ2v) is 6.75. The third-order valence-corrected chi connectivity index (χ3v) is 4.52. The van der Waals surface area contributed by atoms with Gasteiger partial charge in [0.25, 0.3) is 5.91 Å². The first-order chi connectivity index (χ1) is 10.9. The fourth-order valence-corrected chi connectivity index (χ4v) is 2.93. The predicted octanol–water partition coefficient (Wildman–Crippen LogP) is 2.20. The first kappa shape index (κ1) is 18.3. The van der Waals surface area contributed by atoms with Crippen LogP contribution in [0, 0.1) is 5.41 Å². The Morgan fingerprint density at radius 2 is 2.00 bits per heavy atom. The molecule has 0 spiro atoms. The molecule has 24 heavy (non-hydrogen) atoms. The number of aromatic nitrogens is 2. The van der Waals surface area contributed by atoms with Crippen molar-refractivity contribution in [2.24, 2.45) is 11.1 Å². The highest BCUT2D eigenvalue weighted by atomic mass is 35.5. The highest BCUT2D eigenvalue weighted by molar-refractivity contribution is 5.95. The molecule has 0 aliphatic carbocycles. The van der Waals surface area contributed by atoms with Gasteiger partial charge in [0.05, 0.1) is 11.9 Å². The first-order valence-corrected chi connectivity index (χ1v) is 7.77. The Labute approximate surface area is 147 Å². The van der Waals surface area contributed by atoms with Crippen molar-refractivity contribution in [3.05, 3.63) is 42.2 Å². The topological polar surface area (TPSA) is 84.4 Å². The zero-order chi connectivity index (χ0) is 16.6. The predicted molar refractivity (Wildman–Crippen MR) is 94.8 cm³/mol. The van der Waals surface area contributed by atoms with Crippen molar-refractivity contribution in [1.82, 2.24) is 14.7 Å². The summed E-state index contributed by atoms with van der Waals surface area (Å²) in [5, 5.41) is 14.4. The molecule has 7 heteroatoms. The zero-order valence-corrected chi connectivity index (χ0v) is 14.7. The van der Waals surface area contributed by atoms with E-state index in [-0.39, 0.29) is 41.2 Å². The van der Waals surface area contributed by atoms with Crippen LogP contribution < -0.4 is 5.73 Å². The second-order valence-electron chi connectivity index (χ2n) is 6.75. The number of aromatic hydroxyl groups is 1. The minimum atomic E-state index is -0.253. The molecule has 1 unspecified atom stereocenters. The van der Waals surface area contributed by atoms with E-state index in [2.05, 4.69) is 18.9 Å². The van der Waals surface area contributed by atoms with Crippen LogP contribution in [0.2, 0.25) is 0 Å². The molecule has 1 atom stereocenters. The minimum Gasteiger partial charge on any atom is -0.504 e. The monoisotopic (exact) mass is 350 g/mol. The van der Waals surface area contributed by atoms with Crippen molar-refractivity contribution in [2.45, 2.75) is 26.3 Å². The van der Waals surface area contributed by atoms with E-state index in [0.717, 1.165) is 12.1 Å². The number of benzene rings is 1. The molecule has 130 valence electrons. The van der Waals surface area contributed by atoms with Crippen LogP contribution >= 0.6 is 12.4 Å². The third kappa shape index (κ3) is 3.39. The highest BCUT2D eigenvalue weighted by Crippen LogP contribution is 2.29. The summed E-state index contributed by atoms with van der Waals surface area (Å²) in [6.07, 6.45) is 2.21. The number of nitrogens with zero attached hydrogens (tertiary/aromatic N) is 3. The van der Waals surface area contributed by atoms with E-state index in [0.29, 0.717) is 13.1 Å². The fourth-order valence-electron chi connectivity index (χ4n) is 2.93. The number of amides is 1. The molecule has 2 aromatic rings. The van der Waals surface area contributed by atoms with E-state index < -0.39 is 0 Å². The van der Waals surface area contributed by atoms with Crippen LogP contribution in [-0.2, 0) is 0 Å². The number of para-hydroxylation sites is 1. The van der Waals surface area contributed by atoms with Crippen molar-refractivity contribution in [3.63, 3.8) is 0 Å². The summed E-state index contributed by atoms with van der Waals surface area (Å²) in [6.45, 7) is 5.25. The van der Waals surface area contributed by atoms with Gasteiger partial charge in [0.2, 0.25) is 0 Å². The number of hydrogen-bond donors (Lipinski definition) is 2. The average Bonchev–Trinajstić information content (AvgIpc) is 2.92. The Morgan fingerprint density at radius 3 is 2.62 bits per heavy atom. The Balaban J connectivity index is 0.00000208. The summed E-state index contributed by atoms with van der Waals surface area (Å²) in [6, 6.07) is 9.46. The molecule has 3 rings (SSSR count). The number of halogens is 1. The molecule has 0 saturated carbocycles. The number of carbonyl (C=O) groups excluding carboxylic acids is 1. The molecule has 3 N–H and O–H groups in total. The lowest BCUT2D eigenvalue weighted by atomic mass is 9.79. The van der Waals surface area contributed by atoms with Crippen molar-refractivity contribution in [3.8, 4) is 11.4 Å². The number of hydrogen-bond acceptors (Lipinski definition) is 4. The molecule has 1 aromatic carbocycles. The Bertz CT molecular complexity index is 715. The number of carbonyl (C=O) groups is 1. The molecular weight excluding hydrogens is 328 g/mol. The molecule has 1 aliphatic heterocycles. The molecule has 1 saturated heterocycles. The van der Waals surface area contributed by atoms with Gasteiger partial charge in [-0.2, -0.15) is 5.10 Å². The molecule has 2 heterocycles. The van der Waals surface area contributed by atoms with Gasteiger partial charge in [0.15, 0.2) is 11.4 Å². The normalized spacial score (nSPS) is 19.6. The summed E-state index contributed by atoms with van der Waals surface area (Å²) < 4.78 is 1.52. The van der Waals surface area contributed by atoms with Gasteiger partial charge in [-0.3, -0.25) is 4.79 Å². The van der Waals surface area contributed by atoms with Crippen molar-refractivity contribution < 1.29 is 9.90 Å². The largest absolute Gasteiger partial charge is 0.504 e. The third-order valence-electron chi connectivity index (χ3n) is 4.52. The molecule has 6 nitrogen and oxygen atoms in total. The number of piperidine rings is 1. The van der Waals surface area contributed by atoms with E-state index in [1.165, 1.54) is 10.9 Å². The fraction of sp³-hybridized carbons (Fsp3) is 0.412. The Kier molecular flexibility index (Phi) is 5.20. The maximum Gasteiger partial charge on any atom is 0.278 e. The van der Waals surface area contributed by atoms with Crippen LogP contribution in [0.3, 0.4) is 0 Å². The van der Waals surface area contributed by atoms with Crippen LogP contribution in [0.15, 0.2) is 36.5 Å². The molecule has 1 amide bonds. The molecule has 1 fully saturated rings. The first-order valence-electron chi connectivity index (χ1n) is 7.77. The van der Waals surface area contributed by atoms with Gasteiger partial charge >= 0.3 is 0 Å². The SMILES string of the molecule is CC1(C)CN(C(=O)c2nn(-c3ccccc3)cc2O)CCC1N.Cl. The van der Waals surface area contributed by atoms with Gasteiger partial charge in [-0.25, -0.2) is 4.68 Å². The van der Waals surface area contributed by atoms with Crippen LogP contribution in [0.25, 0.3) is 5.69 Å². The lowest BCUT2D eigenvalue weighted by molar-refractivity contribution is 0.0524. The number of nitrogens with two attached hydrogens (primary N) is 1. The van der Waals surface area contributed by atoms with Gasteiger partial charge in [-0.15, -0.1) is 12.4 Å². The zero-order valence-electron chi connectivity index (χ0n) is 13.8. The van der Waals surface area contributed by atoms with E-state index in [1.54, 1.807) is 4.90 Å². The summed E-state index contributed by atoms with van der Waals surface area (Å²) in [7, 11) is 0. The van der Waals surface area contributed by atoms with Crippen LogP contribution in [0.5, 0.6) is 5.75 Å². The minimum absolute atomic E-state index is 0. The molecular formula is C17H23ClN4O2. The quantitative estimate of drug-likeness (QED) is 0.869. The summed E-state index contributed by atoms with van der Waals surface area (Å²) in [4.78, 5) is 14.4. The average molecular weight is 351 g/mol. The standard InChI is InChI=1S/C17H22N4O2.ClH/c1-17(2)11-20(9-8-14(17)18)16(23)15-13(22)10-21(19-15)12-6-4-3-5-7-12;/h3-7,10,14,22H,8-9,11,18H2,1-2H3;1H. The lowest BCUT2D eigenvalue weighted by Crippen LogP contribution is -2.54. The summed E-state index contributed by atoms with van der Waals surface area (Å²) in [5.41, 5.74) is 6.85. The van der Waals surface area contributed by atoms with Crippen LogP contribution in [0.1, 0.15) is 30.8 Å². The summed E-state index contributed by atoms with van der Waals surface area (Å²) >= 11 is 0. The maximum atomic E-state index is 12.7. The van der Waals surface area contributed by atoms with Gasteiger partial charge in [0.1, 0.15) is 0 Å². The van der Waals surface area contributed by atoms with E-state index in [1.807, 2.05) is 30.3 Å². The lowest BCUT2D eigenvalue weighted by Gasteiger charge is -2.42. The highest BCUT2D eigenvalue weighted by Gasteiger charge is 2.36. The molecule has 1 aliphatic rings. The molecule has 0 radical (unpaired) electrons. The van der Waals surface area contributed by atoms with E-state index in [9.17, 15) is 9.90 Å². The van der Waals surface area contributed by atoms with Gasteiger partial charge in [-0.05, 0) is 24.0 Å². The van der Waals surface area contributed by atoms with E-state index >= 15 is 0 Å². The van der Waals surface area contributed by atoms with Crippen LogP contribution in [-0.4, -0.2) is 44.8 Å². The number of rotatable bonds is 2. The maximum absolute atomic E-state index is 12.7. The Hall–Kier alpha value is -2.05. The van der Waals surface area contributed by atoms with E-state index in [4.69, 9.17) is 5.73 Å².